The molecule has 0 aliphatic heterocycles. The Morgan fingerprint density at radius 2 is 2.28 bits per heavy atom. The zero-order chi connectivity index (χ0) is 13.2. The molecule has 0 saturated carbocycles. The normalized spacial score (nSPS) is 14.8. The van der Waals surface area contributed by atoms with Crippen LogP contribution in [0.15, 0.2) is 12.7 Å². The lowest BCUT2D eigenvalue weighted by atomic mass is 10.5. The van der Waals surface area contributed by atoms with Crippen molar-refractivity contribution in [3.8, 4) is 0 Å². The highest BCUT2D eigenvalue weighted by Crippen LogP contribution is 2.36. The quantitative estimate of drug-likeness (QED) is 0.342. The second-order valence-electron chi connectivity index (χ2n) is 3.57. The maximum Gasteiger partial charge on any atom is 0.352 e. The number of fused-ring (bicyclic) bond motifs is 1. The number of nitrogens with two attached hydrogens (primary N) is 1. The van der Waals surface area contributed by atoms with Crippen LogP contribution in [0.1, 0.15) is 0 Å². The Morgan fingerprint density at radius 3 is 3.00 bits per heavy atom. The molecule has 10 heteroatoms. The first-order chi connectivity index (χ1) is 8.47. The number of nitrogen functional groups attached to an aromatic ring is 1. The van der Waals surface area contributed by atoms with Gasteiger partial charge in [0.2, 0.25) is 0 Å². The molecule has 0 aromatic carbocycles. The van der Waals surface area contributed by atoms with E-state index in [1.54, 1.807) is 4.57 Å². The molecule has 0 aliphatic rings. The zero-order valence-electron chi connectivity index (χ0n) is 9.55. The van der Waals surface area contributed by atoms with E-state index in [9.17, 15) is 4.57 Å². The van der Waals surface area contributed by atoms with E-state index in [0.717, 1.165) is 6.66 Å². The summed E-state index contributed by atoms with van der Waals surface area (Å²) in [6.45, 7) is 1.47. The Labute approximate surface area is 102 Å². The fourth-order valence-electron chi connectivity index (χ4n) is 1.33. The third-order valence-corrected chi connectivity index (χ3v) is 2.42. The van der Waals surface area contributed by atoms with Crippen LogP contribution in [0.2, 0.25) is 0 Å². The molecule has 0 radical (unpaired) electrons. The van der Waals surface area contributed by atoms with Crippen molar-refractivity contribution in [1.29, 1.82) is 0 Å². The minimum atomic E-state index is -3.62. The summed E-state index contributed by atoms with van der Waals surface area (Å²) in [5, 5.41) is 0. The van der Waals surface area contributed by atoms with Crippen molar-refractivity contribution < 1.29 is 19.0 Å². The summed E-state index contributed by atoms with van der Waals surface area (Å²) in [5.41, 5.74) is 6.69. The van der Waals surface area contributed by atoms with E-state index in [0.29, 0.717) is 23.5 Å². The fourth-order valence-corrected chi connectivity index (χ4v) is 1.60. The van der Waals surface area contributed by atoms with E-state index >= 15 is 0 Å². The van der Waals surface area contributed by atoms with Gasteiger partial charge >= 0.3 is 7.60 Å². The monoisotopic (exact) mass is 273 g/mol. The van der Waals surface area contributed by atoms with Gasteiger partial charge in [-0.25, -0.2) is 19.8 Å². The average molecular weight is 273 g/mol. The lowest BCUT2D eigenvalue weighted by molar-refractivity contribution is -0.213. The van der Waals surface area contributed by atoms with Crippen molar-refractivity contribution in [2.75, 3.05) is 19.0 Å². The first-order valence-electron chi connectivity index (χ1n) is 5.00. The van der Waals surface area contributed by atoms with E-state index < -0.39 is 7.60 Å². The summed E-state index contributed by atoms with van der Waals surface area (Å²) in [6, 6.07) is 0. The molecule has 2 aromatic heterocycles. The van der Waals surface area contributed by atoms with Crippen LogP contribution >= 0.6 is 7.60 Å². The van der Waals surface area contributed by atoms with E-state index in [2.05, 4.69) is 24.5 Å². The van der Waals surface area contributed by atoms with E-state index in [4.69, 9.17) is 10.6 Å². The molecule has 2 rings (SSSR count). The lowest BCUT2D eigenvalue weighted by Crippen LogP contribution is -2.06. The smallest absolute Gasteiger partial charge is 0.352 e. The van der Waals surface area contributed by atoms with Crippen LogP contribution in [0.4, 0.5) is 5.82 Å². The Kier molecular flexibility index (Phi) is 3.58. The van der Waals surface area contributed by atoms with Gasteiger partial charge in [0, 0.05) is 6.66 Å². The van der Waals surface area contributed by atoms with Crippen LogP contribution < -0.4 is 5.73 Å². The molecule has 0 saturated heterocycles. The van der Waals surface area contributed by atoms with E-state index in [1.807, 2.05) is 0 Å². The molecule has 98 valence electrons. The summed E-state index contributed by atoms with van der Waals surface area (Å²) in [6.07, 6.45) is 2.87. The van der Waals surface area contributed by atoms with Crippen molar-refractivity contribution in [3.63, 3.8) is 0 Å². The molecule has 0 bridgehead atoms. The molecule has 9 nitrogen and oxygen atoms in total. The minimum Gasteiger partial charge on any atom is -0.382 e. The molecule has 2 aromatic rings. The van der Waals surface area contributed by atoms with Gasteiger partial charge in [-0.3, -0.25) is 4.57 Å². The van der Waals surface area contributed by atoms with Gasteiger partial charge in [0.15, 0.2) is 11.5 Å². The maximum absolute atomic E-state index is 10.8. The molecular formula is C8H12N5O4P. The van der Waals surface area contributed by atoms with Crippen LogP contribution in [0, 0.1) is 0 Å². The zero-order valence-corrected chi connectivity index (χ0v) is 10.4. The fraction of sp³-hybridized carbons (Fsp3) is 0.375. The predicted octanol–water partition coefficient (Wildman–Crippen LogP) is 0.172. The van der Waals surface area contributed by atoms with Crippen LogP contribution in [0.5, 0.6) is 0 Å². The number of hydrogen-bond acceptors (Lipinski definition) is 7. The Bertz CT molecular complexity index is 594. The number of hydrogen-bond donors (Lipinski definition) is 2. The van der Waals surface area contributed by atoms with Gasteiger partial charge in [0.1, 0.15) is 18.5 Å². The standard InChI is InChI=1S/C8H12N5O4P/c1-18(14,15)17-16-3-2-13-5-12-6-7(9)10-4-11-8(6)13/h4-5H,2-3H2,1H3,(H,14,15)(H2,9,10,11). The minimum absolute atomic E-state index is 0.0771. The van der Waals surface area contributed by atoms with Crippen LogP contribution in [-0.4, -0.2) is 37.7 Å². The Hall–Kier alpha value is -1.54. The van der Waals surface area contributed by atoms with Crippen LogP contribution in [-0.2, 0) is 20.7 Å². The van der Waals surface area contributed by atoms with Crippen LogP contribution in [0.3, 0.4) is 0 Å². The maximum atomic E-state index is 10.8. The van der Waals surface area contributed by atoms with Crippen molar-refractivity contribution in [1.82, 2.24) is 19.5 Å². The molecule has 3 N–H and O–H groups in total. The number of aromatic nitrogens is 4. The van der Waals surface area contributed by atoms with Crippen molar-refractivity contribution >= 4 is 24.6 Å². The van der Waals surface area contributed by atoms with Gasteiger partial charge in [-0.15, -0.1) is 4.67 Å². The molecule has 18 heavy (non-hydrogen) atoms. The van der Waals surface area contributed by atoms with Gasteiger partial charge < -0.3 is 15.2 Å². The van der Waals surface area contributed by atoms with Crippen molar-refractivity contribution in [3.05, 3.63) is 12.7 Å². The Balaban J connectivity index is 2.00. The summed E-state index contributed by atoms with van der Waals surface area (Å²) in [7, 11) is -3.62. The predicted molar refractivity (Wildman–Crippen MR) is 62.5 cm³/mol. The third kappa shape index (κ3) is 3.02. The largest absolute Gasteiger partial charge is 0.382 e. The average Bonchev–Trinajstić information content (AvgIpc) is 2.68. The highest BCUT2D eigenvalue weighted by molar-refractivity contribution is 7.51. The topological polar surface area (TPSA) is 125 Å². The molecule has 0 fully saturated rings. The van der Waals surface area contributed by atoms with Gasteiger partial charge in [-0.2, -0.15) is 0 Å². The van der Waals surface area contributed by atoms with E-state index in [1.165, 1.54) is 12.7 Å². The molecule has 0 aliphatic carbocycles. The molecular weight excluding hydrogens is 261 g/mol. The Morgan fingerprint density at radius 1 is 1.50 bits per heavy atom. The van der Waals surface area contributed by atoms with Crippen LogP contribution in [0.25, 0.3) is 11.2 Å². The number of nitrogens with zero attached hydrogens (tertiary/aromatic N) is 4. The SMILES string of the molecule is CP(=O)(O)OOCCn1cnc2c(N)ncnc21. The first-order valence-corrected chi connectivity index (χ1v) is 7.02. The van der Waals surface area contributed by atoms with Gasteiger partial charge in [-0.05, 0) is 0 Å². The second-order valence-corrected chi connectivity index (χ2v) is 5.32. The molecule has 1 unspecified atom stereocenters. The summed E-state index contributed by atoms with van der Waals surface area (Å²) >= 11 is 0. The number of anilines is 1. The summed E-state index contributed by atoms with van der Waals surface area (Å²) < 4.78 is 16.7. The van der Waals surface area contributed by atoms with Crippen molar-refractivity contribution in [2.45, 2.75) is 6.54 Å². The summed E-state index contributed by atoms with van der Waals surface area (Å²) in [4.78, 5) is 25.4. The summed E-state index contributed by atoms with van der Waals surface area (Å²) in [5.74, 6) is 0.296. The van der Waals surface area contributed by atoms with Crippen molar-refractivity contribution in [2.24, 2.45) is 0 Å². The lowest BCUT2D eigenvalue weighted by Gasteiger charge is -2.06. The highest BCUT2D eigenvalue weighted by atomic mass is 31.2. The third-order valence-electron chi connectivity index (χ3n) is 2.04. The molecule has 2 heterocycles. The highest BCUT2D eigenvalue weighted by Gasteiger charge is 2.11. The second kappa shape index (κ2) is 4.99. The van der Waals surface area contributed by atoms with Gasteiger partial charge in [0.05, 0.1) is 12.9 Å². The first kappa shape index (κ1) is 12.9. The molecule has 0 spiro atoms. The molecule has 1 atom stereocenters. The van der Waals surface area contributed by atoms with E-state index in [-0.39, 0.29) is 6.61 Å². The van der Waals surface area contributed by atoms with Gasteiger partial charge in [-0.1, -0.05) is 0 Å². The number of rotatable bonds is 5. The van der Waals surface area contributed by atoms with Gasteiger partial charge in [0.25, 0.3) is 0 Å². The number of imidazole rings is 1. The molecule has 0 amide bonds.